The summed E-state index contributed by atoms with van der Waals surface area (Å²) in [7, 11) is 0. The van der Waals surface area contributed by atoms with Crippen LogP contribution in [0.2, 0.25) is 0 Å². The molecule has 2 heteroatoms. The third-order valence-corrected chi connectivity index (χ3v) is 9.57. The van der Waals surface area contributed by atoms with Crippen LogP contribution in [0.3, 0.4) is 0 Å². The lowest BCUT2D eigenvalue weighted by molar-refractivity contribution is 0.490. The highest BCUT2D eigenvalue weighted by atomic mass is 16.5. The number of hydrogen-bond acceptors (Lipinski definition) is 2. The molecule has 1 aliphatic rings. The van der Waals surface area contributed by atoms with Crippen LogP contribution in [0, 0.1) is 0 Å². The lowest BCUT2D eigenvalue weighted by Crippen LogP contribution is -2.13. The first-order valence-corrected chi connectivity index (χ1v) is 15.8. The Balaban J connectivity index is 1.27. The summed E-state index contributed by atoms with van der Waals surface area (Å²) in [4.78, 5) is 2.38. The molecule has 0 aromatic heterocycles. The summed E-state index contributed by atoms with van der Waals surface area (Å²) in [6.07, 6.45) is 0. The SMILES string of the molecule is c1ccc(-c2ccc3cccc4c3c2Oc2c-4cccc2N(c2ccccc2)c2ccc3ccc4cccc5ccc2c3c45)cc1. The fourth-order valence-electron chi connectivity index (χ4n) is 7.54. The Labute approximate surface area is 266 Å². The second-order valence-corrected chi connectivity index (χ2v) is 12.1. The number of anilines is 3. The van der Waals surface area contributed by atoms with Gasteiger partial charge >= 0.3 is 0 Å². The van der Waals surface area contributed by atoms with Crippen LogP contribution >= 0.6 is 0 Å². The Morgan fingerprint density at radius 3 is 1.76 bits per heavy atom. The number of benzene rings is 9. The number of hydrogen-bond donors (Lipinski definition) is 0. The van der Waals surface area contributed by atoms with Crippen molar-refractivity contribution >= 4 is 60.2 Å². The van der Waals surface area contributed by atoms with Crippen LogP contribution in [0.15, 0.2) is 164 Å². The molecule has 1 aliphatic heterocycles. The second-order valence-electron chi connectivity index (χ2n) is 12.1. The predicted octanol–water partition coefficient (Wildman–Crippen LogP) is 12.6. The van der Waals surface area contributed by atoms with Crippen molar-refractivity contribution in [2.45, 2.75) is 0 Å². The van der Waals surface area contributed by atoms with Crippen LogP contribution in [0.5, 0.6) is 11.5 Å². The third-order valence-electron chi connectivity index (χ3n) is 9.57. The van der Waals surface area contributed by atoms with Crippen molar-refractivity contribution in [2.75, 3.05) is 4.90 Å². The summed E-state index contributed by atoms with van der Waals surface area (Å²) in [5.41, 5.74) is 7.72. The van der Waals surface area contributed by atoms with Gasteiger partial charge in [-0.2, -0.15) is 0 Å². The molecule has 46 heavy (non-hydrogen) atoms. The van der Waals surface area contributed by atoms with E-state index in [9.17, 15) is 0 Å². The quantitative estimate of drug-likeness (QED) is 0.191. The van der Waals surface area contributed by atoms with E-state index in [1.54, 1.807) is 0 Å². The van der Waals surface area contributed by atoms with Gasteiger partial charge in [0.2, 0.25) is 0 Å². The van der Waals surface area contributed by atoms with E-state index in [1.807, 2.05) is 0 Å². The first-order chi connectivity index (χ1) is 22.8. The Kier molecular flexibility index (Phi) is 5.31. The normalized spacial score (nSPS) is 12.1. The summed E-state index contributed by atoms with van der Waals surface area (Å²) in [6.45, 7) is 0. The van der Waals surface area contributed by atoms with E-state index in [-0.39, 0.29) is 0 Å². The molecule has 0 saturated carbocycles. The molecule has 10 rings (SSSR count). The minimum Gasteiger partial charge on any atom is -0.453 e. The van der Waals surface area contributed by atoms with Crippen molar-refractivity contribution < 1.29 is 4.74 Å². The molecule has 0 amide bonds. The van der Waals surface area contributed by atoms with Gasteiger partial charge in [-0.15, -0.1) is 0 Å². The van der Waals surface area contributed by atoms with Gasteiger partial charge in [0.15, 0.2) is 5.75 Å². The van der Waals surface area contributed by atoms with E-state index in [0.29, 0.717) is 0 Å². The lowest BCUT2D eigenvalue weighted by Gasteiger charge is -2.32. The van der Waals surface area contributed by atoms with E-state index in [2.05, 4.69) is 169 Å². The molecule has 0 radical (unpaired) electrons. The van der Waals surface area contributed by atoms with Gasteiger partial charge in [-0.3, -0.25) is 0 Å². The fourth-order valence-corrected chi connectivity index (χ4v) is 7.54. The zero-order chi connectivity index (χ0) is 30.2. The molecule has 0 atom stereocenters. The number of para-hydroxylation sites is 2. The topological polar surface area (TPSA) is 12.5 Å². The Morgan fingerprint density at radius 2 is 0.957 bits per heavy atom. The molecule has 214 valence electrons. The number of rotatable bonds is 4. The van der Waals surface area contributed by atoms with Crippen molar-refractivity contribution in [1.29, 1.82) is 0 Å². The standard InChI is InChI=1S/C44H27NO/c1-3-10-28(11-4-1)34-25-22-31-14-8-17-35-36-18-9-19-39(43(36)46-44(34)42(31)35)45(33-15-5-2-6-16-33)38-27-24-32-21-20-29-12-7-13-30-23-26-37(38)41(32)40(29)30/h1-27H. The molecule has 0 saturated heterocycles. The summed E-state index contributed by atoms with van der Waals surface area (Å²) in [6, 6.07) is 58.9. The maximum atomic E-state index is 7.17. The van der Waals surface area contributed by atoms with Gasteiger partial charge in [0, 0.05) is 27.6 Å². The van der Waals surface area contributed by atoms with Crippen molar-refractivity contribution in [1.82, 2.24) is 0 Å². The minimum absolute atomic E-state index is 0.862. The van der Waals surface area contributed by atoms with E-state index in [4.69, 9.17) is 4.74 Å². The van der Waals surface area contributed by atoms with E-state index in [0.717, 1.165) is 50.6 Å². The van der Waals surface area contributed by atoms with Gasteiger partial charge in [-0.05, 0) is 73.8 Å². The molecular formula is C44H27NO. The average Bonchev–Trinajstić information content (AvgIpc) is 3.12. The fraction of sp³-hybridized carbons (Fsp3) is 0. The van der Waals surface area contributed by atoms with E-state index >= 15 is 0 Å². The molecular weight excluding hydrogens is 558 g/mol. The summed E-state index contributed by atoms with van der Waals surface area (Å²) in [5.74, 6) is 1.77. The summed E-state index contributed by atoms with van der Waals surface area (Å²) < 4.78 is 7.17. The molecule has 0 N–H and O–H groups in total. The number of nitrogens with zero attached hydrogens (tertiary/aromatic N) is 1. The van der Waals surface area contributed by atoms with Crippen LogP contribution in [-0.4, -0.2) is 0 Å². The molecule has 9 aromatic rings. The molecule has 0 bridgehead atoms. The first-order valence-electron chi connectivity index (χ1n) is 15.8. The van der Waals surface area contributed by atoms with Crippen LogP contribution in [0.4, 0.5) is 17.1 Å². The Morgan fingerprint density at radius 1 is 0.348 bits per heavy atom. The zero-order valence-corrected chi connectivity index (χ0v) is 24.9. The van der Waals surface area contributed by atoms with Gasteiger partial charge in [-0.1, -0.05) is 133 Å². The second kappa shape index (κ2) is 9.69. The maximum absolute atomic E-state index is 7.17. The monoisotopic (exact) mass is 585 g/mol. The van der Waals surface area contributed by atoms with E-state index < -0.39 is 0 Å². The third kappa shape index (κ3) is 3.59. The molecule has 1 heterocycles. The predicted molar refractivity (Wildman–Crippen MR) is 193 cm³/mol. The molecule has 9 aromatic carbocycles. The average molecular weight is 586 g/mol. The van der Waals surface area contributed by atoms with Gasteiger partial charge < -0.3 is 9.64 Å². The van der Waals surface area contributed by atoms with E-state index in [1.165, 1.54) is 43.3 Å². The Bertz CT molecular complexity index is 2590. The molecule has 2 nitrogen and oxygen atoms in total. The van der Waals surface area contributed by atoms with Gasteiger partial charge in [-0.25, -0.2) is 0 Å². The summed E-state index contributed by atoms with van der Waals surface area (Å²) >= 11 is 0. The van der Waals surface area contributed by atoms with Crippen LogP contribution in [0.25, 0.3) is 65.3 Å². The van der Waals surface area contributed by atoms with Crippen molar-refractivity contribution in [3.63, 3.8) is 0 Å². The smallest absolute Gasteiger partial charge is 0.159 e. The van der Waals surface area contributed by atoms with Crippen molar-refractivity contribution in [3.05, 3.63) is 164 Å². The first kappa shape index (κ1) is 25.2. The molecule has 0 fully saturated rings. The van der Waals surface area contributed by atoms with Crippen LogP contribution in [0.1, 0.15) is 0 Å². The van der Waals surface area contributed by atoms with Crippen LogP contribution in [-0.2, 0) is 0 Å². The highest BCUT2D eigenvalue weighted by Gasteiger charge is 2.29. The lowest BCUT2D eigenvalue weighted by atomic mass is 9.90. The molecule has 0 spiro atoms. The minimum atomic E-state index is 0.862. The van der Waals surface area contributed by atoms with Gasteiger partial charge in [0.1, 0.15) is 5.75 Å². The highest BCUT2D eigenvalue weighted by Crippen LogP contribution is 2.55. The molecule has 0 unspecified atom stereocenters. The maximum Gasteiger partial charge on any atom is 0.159 e. The summed E-state index contributed by atoms with van der Waals surface area (Å²) in [5, 5.41) is 9.92. The molecule has 0 aliphatic carbocycles. The van der Waals surface area contributed by atoms with Crippen molar-refractivity contribution in [3.8, 4) is 33.8 Å². The number of fused-ring (bicyclic) bond motifs is 2. The van der Waals surface area contributed by atoms with Crippen molar-refractivity contribution in [2.24, 2.45) is 0 Å². The van der Waals surface area contributed by atoms with Crippen LogP contribution < -0.4 is 9.64 Å². The van der Waals surface area contributed by atoms with Gasteiger partial charge in [0.25, 0.3) is 0 Å². The highest BCUT2D eigenvalue weighted by molar-refractivity contribution is 6.26. The number of ether oxygens (including phenoxy) is 1. The van der Waals surface area contributed by atoms with Gasteiger partial charge in [0.05, 0.1) is 11.4 Å². The zero-order valence-electron chi connectivity index (χ0n) is 24.9. The Hall–Kier alpha value is -6.12. The largest absolute Gasteiger partial charge is 0.453 e.